The molecule has 0 saturated carbocycles. The quantitative estimate of drug-likeness (QED) is 0.442. The molecule has 24 heavy (non-hydrogen) atoms. The molecule has 116 valence electrons. The molecule has 0 spiro atoms. The maximum absolute atomic E-state index is 2.30. The summed E-state index contributed by atoms with van der Waals surface area (Å²) in [4.78, 5) is 0. The molecule has 1 aromatic heterocycles. The van der Waals surface area contributed by atoms with E-state index in [2.05, 4.69) is 103 Å². The maximum Gasteiger partial charge on any atom is 0.213 e. The molecule has 1 heterocycles. The number of aromatic nitrogens is 1. The molecule has 0 amide bonds. The summed E-state index contributed by atoms with van der Waals surface area (Å²) in [6, 6.07) is 30.2. The predicted octanol–water partition coefficient (Wildman–Crippen LogP) is 5.31. The van der Waals surface area contributed by atoms with Crippen molar-refractivity contribution in [3.63, 3.8) is 0 Å². The number of para-hydroxylation sites is 1. The number of fused-ring (bicyclic) bond motifs is 1. The Morgan fingerprint density at radius 2 is 1.42 bits per heavy atom. The van der Waals surface area contributed by atoms with Gasteiger partial charge in [-0.1, -0.05) is 54.6 Å². The van der Waals surface area contributed by atoms with E-state index in [0.29, 0.717) is 0 Å². The van der Waals surface area contributed by atoms with Gasteiger partial charge in [0.2, 0.25) is 11.2 Å². The monoisotopic (exact) mass is 310 g/mol. The molecule has 0 atom stereocenters. The van der Waals surface area contributed by atoms with Gasteiger partial charge in [-0.15, -0.1) is 0 Å². The van der Waals surface area contributed by atoms with Crippen LogP contribution >= 0.6 is 0 Å². The second-order valence-corrected chi connectivity index (χ2v) is 6.23. The fourth-order valence-corrected chi connectivity index (χ4v) is 3.32. The molecule has 0 bridgehead atoms. The lowest BCUT2D eigenvalue weighted by atomic mass is 9.97. The van der Waals surface area contributed by atoms with Crippen molar-refractivity contribution >= 4 is 10.9 Å². The predicted molar refractivity (Wildman–Crippen MR) is 101 cm³/mol. The van der Waals surface area contributed by atoms with Gasteiger partial charge < -0.3 is 0 Å². The van der Waals surface area contributed by atoms with Gasteiger partial charge in [0.1, 0.15) is 7.05 Å². The van der Waals surface area contributed by atoms with Crippen LogP contribution in [0.3, 0.4) is 0 Å². The normalized spacial score (nSPS) is 10.9. The summed E-state index contributed by atoms with van der Waals surface area (Å²) in [6.07, 6.45) is 0. The Hall–Kier alpha value is -2.93. The summed E-state index contributed by atoms with van der Waals surface area (Å²) >= 11 is 0. The number of nitrogens with zero attached hydrogens (tertiary/aromatic N) is 1. The SMILES string of the molecule is Cc1ccc(-c2ccccc2)cc1-c1ccc2ccccc2[n+]1C. The van der Waals surface area contributed by atoms with Crippen LogP contribution in [0.4, 0.5) is 0 Å². The van der Waals surface area contributed by atoms with E-state index >= 15 is 0 Å². The Labute approximate surface area is 142 Å². The first-order valence-electron chi connectivity index (χ1n) is 8.28. The fraction of sp³-hybridized carbons (Fsp3) is 0.0870. The molecule has 0 fully saturated rings. The summed E-state index contributed by atoms with van der Waals surface area (Å²) < 4.78 is 2.28. The van der Waals surface area contributed by atoms with Crippen molar-refractivity contribution in [2.24, 2.45) is 7.05 Å². The molecule has 0 aliphatic carbocycles. The molecule has 0 saturated heterocycles. The van der Waals surface area contributed by atoms with Gasteiger partial charge in [-0.25, -0.2) is 0 Å². The number of pyridine rings is 1. The van der Waals surface area contributed by atoms with Gasteiger partial charge in [0.05, 0.1) is 0 Å². The summed E-state index contributed by atoms with van der Waals surface area (Å²) in [5, 5.41) is 1.26. The van der Waals surface area contributed by atoms with E-state index < -0.39 is 0 Å². The molecular formula is C23H20N+. The highest BCUT2D eigenvalue weighted by atomic mass is 14.9. The van der Waals surface area contributed by atoms with E-state index in [1.807, 2.05) is 0 Å². The zero-order valence-corrected chi connectivity index (χ0v) is 14.0. The topological polar surface area (TPSA) is 3.88 Å². The first kappa shape index (κ1) is 14.6. The van der Waals surface area contributed by atoms with Crippen LogP contribution in [0.15, 0.2) is 84.9 Å². The van der Waals surface area contributed by atoms with Gasteiger partial charge in [-0.2, -0.15) is 4.57 Å². The highest BCUT2D eigenvalue weighted by Gasteiger charge is 2.16. The summed E-state index contributed by atoms with van der Waals surface area (Å²) in [5.41, 5.74) is 7.57. The number of benzene rings is 3. The molecule has 1 heteroatoms. The Morgan fingerprint density at radius 3 is 2.25 bits per heavy atom. The van der Waals surface area contributed by atoms with Crippen molar-refractivity contribution in [2.45, 2.75) is 6.92 Å². The van der Waals surface area contributed by atoms with Crippen LogP contribution in [0.1, 0.15) is 5.56 Å². The zero-order chi connectivity index (χ0) is 16.5. The lowest BCUT2D eigenvalue weighted by molar-refractivity contribution is -0.633. The van der Waals surface area contributed by atoms with Crippen LogP contribution in [0.5, 0.6) is 0 Å². The Bertz CT molecular complexity index is 1020. The van der Waals surface area contributed by atoms with Gasteiger partial charge in [0.15, 0.2) is 0 Å². The molecule has 0 radical (unpaired) electrons. The number of hydrogen-bond acceptors (Lipinski definition) is 0. The van der Waals surface area contributed by atoms with Crippen LogP contribution < -0.4 is 4.57 Å². The van der Waals surface area contributed by atoms with Crippen LogP contribution in [0.2, 0.25) is 0 Å². The molecule has 0 N–H and O–H groups in total. The first-order chi connectivity index (χ1) is 11.7. The van der Waals surface area contributed by atoms with Gasteiger partial charge in [0, 0.05) is 23.1 Å². The molecule has 4 aromatic rings. The van der Waals surface area contributed by atoms with Crippen molar-refractivity contribution in [1.29, 1.82) is 0 Å². The molecular weight excluding hydrogens is 290 g/mol. The van der Waals surface area contributed by atoms with Gasteiger partial charge in [-0.05, 0) is 41.8 Å². The van der Waals surface area contributed by atoms with Crippen LogP contribution in [0.25, 0.3) is 33.3 Å². The van der Waals surface area contributed by atoms with Crippen molar-refractivity contribution < 1.29 is 4.57 Å². The minimum atomic E-state index is 1.24. The Morgan fingerprint density at radius 1 is 0.667 bits per heavy atom. The second-order valence-electron chi connectivity index (χ2n) is 6.23. The van der Waals surface area contributed by atoms with Crippen molar-refractivity contribution in [3.8, 4) is 22.4 Å². The third-order valence-electron chi connectivity index (χ3n) is 4.70. The largest absolute Gasteiger partial charge is 0.213 e. The van der Waals surface area contributed by atoms with Crippen LogP contribution in [-0.2, 0) is 7.05 Å². The van der Waals surface area contributed by atoms with Crippen molar-refractivity contribution in [3.05, 3.63) is 90.5 Å². The zero-order valence-electron chi connectivity index (χ0n) is 14.0. The van der Waals surface area contributed by atoms with E-state index in [1.165, 1.54) is 38.9 Å². The molecule has 1 nitrogen and oxygen atoms in total. The Kier molecular flexibility index (Phi) is 3.62. The summed E-state index contributed by atoms with van der Waals surface area (Å²) in [6.45, 7) is 2.18. The summed E-state index contributed by atoms with van der Waals surface area (Å²) in [7, 11) is 2.15. The lowest BCUT2D eigenvalue weighted by Crippen LogP contribution is -2.32. The fourth-order valence-electron chi connectivity index (χ4n) is 3.32. The first-order valence-corrected chi connectivity index (χ1v) is 8.28. The average Bonchev–Trinajstić information content (AvgIpc) is 2.64. The molecule has 4 rings (SSSR count). The van der Waals surface area contributed by atoms with Gasteiger partial charge >= 0.3 is 0 Å². The van der Waals surface area contributed by atoms with E-state index in [0.717, 1.165) is 0 Å². The van der Waals surface area contributed by atoms with E-state index in [9.17, 15) is 0 Å². The van der Waals surface area contributed by atoms with E-state index in [4.69, 9.17) is 0 Å². The van der Waals surface area contributed by atoms with Crippen LogP contribution in [-0.4, -0.2) is 0 Å². The van der Waals surface area contributed by atoms with E-state index in [-0.39, 0.29) is 0 Å². The third-order valence-corrected chi connectivity index (χ3v) is 4.70. The highest BCUT2D eigenvalue weighted by Crippen LogP contribution is 2.28. The molecule has 3 aromatic carbocycles. The lowest BCUT2D eigenvalue weighted by Gasteiger charge is -2.09. The average molecular weight is 310 g/mol. The number of hydrogen-bond donors (Lipinski definition) is 0. The standard InChI is InChI=1S/C23H20N/c1-17-12-13-20(18-8-4-3-5-9-18)16-21(17)23-15-14-19-10-6-7-11-22(19)24(23)2/h3-16H,1-2H3/q+1. The smallest absolute Gasteiger partial charge is 0.194 e. The molecule has 0 unspecified atom stereocenters. The minimum Gasteiger partial charge on any atom is -0.194 e. The van der Waals surface area contributed by atoms with Gasteiger partial charge in [0.25, 0.3) is 0 Å². The Balaban J connectivity index is 1.92. The number of rotatable bonds is 2. The second kappa shape index (κ2) is 5.93. The minimum absolute atomic E-state index is 1.24. The summed E-state index contributed by atoms with van der Waals surface area (Å²) in [5.74, 6) is 0. The highest BCUT2D eigenvalue weighted by molar-refractivity contribution is 5.79. The van der Waals surface area contributed by atoms with Crippen molar-refractivity contribution in [2.75, 3.05) is 0 Å². The van der Waals surface area contributed by atoms with Gasteiger partial charge in [-0.3, -0.25) is 0 Å². The molecule has 0 aliphatic rings. The molecule has 0 aliphatic heterocycles. The van der Waals surface area contributed by atoms with Crippen molar-refractivity contribution in [1.82, 2.24) is 0 Å². The third kappa shape index (κ3) is 2.48. The maximum atomic E-state index is 2.30. The number of aryl methyl sites for hydroxylation is 2. The van der Waals surface area contributed by atoms with Crippen LogP contribution in [0, 0.1) is 6.92 Å². The van der Waals surface area contributed by atoms with E-state index in [1.54, 1.807) is 0 Å².